The third-order valence-electron chi connectivity index (χ3n) is 6.76. The number of thiazole rings is 1. The zero-order valence-electron chi connectivity index (χ0n) is 22.4. The second-order valence-electron chi connectivity index (χ2n) is 8.99. The number of anilines is 2. The van der Waals surface area contributed by atoms with E-state index in [1.807, 2.05) is 18.2 Å². The number of carbonyl (C=O) groups is 1. The fourth-order valence-corrected chi connectivity index (χ4v) is 6.54. The lowest BCUT2D eigenvalue weighted by Crippen LogP contribution is -2.38. The van der Waals surface area contributed by atoms with Crippen LogP contribution in [0.15, 0.2) is 71.6 Å². The third kappa shape index (κ3) is 5.87. The number of amides is 1. The Bertz CT molecular complexity index is 1530. The van der Waals surface area contributed by atoms with Crippen molar-refractivity contribution in [2.75, 3.05) is 49.2 Å². The average Bonchev–Trinajstić information content (AvgIpc) is 3.59. The lowest BCUT2D eigenvalue weighted by molar-refractivity contribution is 0.0983. The predicted octanol–water partition coefficient (Wildman–Crippen LogP) is 5.26. The molecule has 0 fully saturated rings. The molecule has 0 unspecified atom stereocenters. The lowest BCUT2D eigenvalue weighted by Gasteiger charge is -2.25. The van der Waals surface area contributed by atoms with Crippen LogP contribution >= 0.6 is 23.7 Å². The maximum absolute atomic E-state index is 13.8. The van der Waals surface area contributed by atoms with E-state index in [2.05, 4.69) is 18.7 Å². The highest BCUT2D eigenvalue weighted by atomic mass is 35.5. The van der Waals surface area contributed by atoms with Crippen molar-refractivity contribution >= 4 is 60.7 Å². The number of carbonyl (C=O) groups excluding carboxylic acids is 1. The lowest BCUT2D eigenvalue weighted by atomic mass is 10.2. The summed E-state index contributed by atoms with van der Waals surface area (Å²) in [5, 5.41) is 0.561. The van der Waals surface area contributed by atoms with E-state index in [9.17, 15) is 13.2 Å². The quantitative estimate of drug-likeness (QED) is 0.244. The number of sulfonamides is 1. The molecular weight excluding hydrogens is 572 g/mol. The first kappa shape index (κ1) is 29.6. The number of halogens is 1. The highest BCUT2D eigenvalue weighted by Crippen LogP contribution is 2.40. The zero-order chi connectivity index (χ0) is 27.6. The van der Waals surface area contributed by atoms with Crippen LogP contribution in [0.1, 0.15) is 24.2 Å². The van der Waals surface area contributed by atoms with Gasteiger partial charge in [0, 0.05) is 37.8 Å². The summed E-state index contributed by atoms with van der Waals surface area (Å²) in [5.41, 5.74) is 1.66. The smallest absolute Gasteiger partial charge is 0.264 e. The first-order chi connectivity index (χ1) is 18.8. The van der Waals surface area contributed by atoms with E-state index >= 15 is 0 Å². The molecule has 4 aromatic rings. The summed E-state index contributed by atoms with van der Waals surface area (Å²) in [4.78, 5) is 22.5. The van der Waals surface area contributed by atoms with E-state index in [-0.39, 0.29) is 30.0 Å². The van der Waals surface area contributed by atoms with Crippen LogP contribution in [-0.4, -0.2) is 64.2 Å². The summed E-state index contributed by atoms with van der Waals surface area (Å²) in [6.07, 6.45) is 0. The van der Waals surface area contributed by atoms with Gasteiger partial charge in [0.1, 0.15) is 0 Å². The van der Waals surface area contributed by atoms with E-state index in [1.54, 1.807) is 41.3 Å². The van der Waals surface area contributed by atoms with Gasteiger partial charge in [0.15, 0.2) is 16.6 Å². The Labute approximate surface area is 244 Å². The SMILES string of the molecule is CCN(CC)CCN(C(=O)c1ccc(S(=O)(=O)N(C)c2ccccc2)cc1)c1nc2cc3c(cc2s1)OCO3.Cl. The monoisotopic (exact) mass is 602 g/mol. The molecule has 0 bridgehead atoms. The summed E-state index contributed by atoms with van der Waals surface area (Å²) in [5.74, 6) is 1.05. The number of fused-ring (bicyclic) bond motifs is 2. The van der Waals surface area contributed by atoms with Crippen molar-refractivity contribution in [3.8, 4) is 11.5 Å². The van der Waals surface area contributed by atoms with Gasteiger partial charge in [0.05, 0.1) is 20.8 Å². The molecule has 40 heavy (non-hydrogen) atoms. The van der Waals surface area contributed by atoms with Crippen molar-refractivity contribution in [3.05, 3.63) is 72.3 Å². The standard InChI is InChI=1S/C28H30N4O5S2.ClH/c1-4-31(5-2)15-16-32(28-29-23-17-24-25(37-19-36-24)18-26(23)38-28)27(33)20-11-13-22(14-12-20)39(34,35)30(3)21-9-7-6-8-10-21;/h6-14,17-18H,4-5,15-16,19H2,1-3H3;1H. The molecule has 0 radical (unpaired) electrons. The van der Waals surface area contributed by atoms with Crippen LogP contribution in [0.25, 0.3) is 10.2 Å². The Balaban J connectivity index is 0.00000370. The van der Waals surface area contributed by atoms with Crippen molar-refractivity contribution < 1.29 is 22.7 Å². The van der Waals surface area contributed by atoms with Gasteiger partial charge in [-0.3, -0.25) is 14.0 Å². The molecule has 0 saturated heterocycles. The van der Waals surface area contributed by atoms with E-state index in [1.165, 1.54) is 34.8 Å². The number of rotatable bonds is 10. The molecule has 0 saturated carbocycles. The molecule has 3 aromatic carbocycles. The first-order valence-corrected chi connectivity index (χ1v) is 15.0. The Morgan fingerprint density at radius 2 is 1.60 bits per heavy atom. The normalized spacial score (nSPS) is 12.4. The summed E-state index contributed by atoms with van der Waals surface area (Å²) in [6, 6.07) is 18.6. The van der Waals surface area contributed by atoms with Crippen molar-refractivity contribution in [3.63, 3.8) is 0 Å². The average molecular weight is 603 g/mol. The fraction of sp³-hybridized carbons (Fsp3) is 0.286. The van der Waals surface area contributed by atoms with Crippen molar-refractivity contribution in [2.24, 2.45) is 0 Å². The number of hydrogen-bond donors (Lipinski definition) is 0. The number of likely N-dealkylation sites (N-methyl/N-ethyl adjacent to an activating group) is 1. The predicted molar refractivity (Wildman–Crippen MR) is 161 cm³/mol. The second-order valence-corrected chi connectivity index (χ2v) is 12.0. The molecule has 0 aliphatic carbocycles. The minimum atomic E-state index is -3.79. The van der Waals surface area contributed by atoms with Gasteiger partial charge in [0.25, 0.3) is 15.9 Å². The number of para-hydroxylation sites is 1. The highest BCUT2D eigenvalue weighted by molar-refractivity contribution is 7.92. The van der Waals surface area contributed by atoms with Gasteiger partial charge >= 0.3 is 0 Å². The zero-order valence-corrected chi connectivity index (χ0v) is 24.9. The summed E-state index contributed by atoms with van der Waals surface area (Å²) in [6.45, 7) is 7.18. The van der Waals surface area contributed by atoms with Gasteiger partial charge in [-0.25, -0.2) is 13.4 Å². The minimum Gasteiger partial charge on any atom is -0.454 e. The van der Waals surface area contributed by atoms with Gasteiger partial charge in [-0.2, -0.15) is 0 Å². The van der Waals surface area contributed by atoms with Crippen LogP contribution in [0, 0.1) is 0 Å². The van der Waals surface area contributed by atoms with Crippen LogP contribution in [0.5, 0.6) is 11.5 Å². The molecule has 1 aliphatic heterocycles. The van der Waals surface area contributed by atoms with Gasteiger partial charge in [-0.05, 0) is 49.5 Å². The molecule has 212 valence electrons. The van der Waals surface area contributed by atoms with Crippen LogP contribution in [-0.2, 0) is 10.0 Å². The molecule has 0 N–H and O–H groups in total. The summed E-state index contributed by atoms with van der Waals surface area (Å²) in [7, 11) is -2.28. The van der Waals surface area contributed by atoms with E-state index in [0.717, 1.165) is 23.3 Å². The molecule has 0 atom stereocenters. The molecule has 12 heteroatoms. The minimum absolute atomic E-state index is 0. The Kier molecular flexibility index (Phi) is 9.19. The number of ether oxygens (including phenoxy) is 2. The molecule has 1 amide bonds. The van der Waals surface area contributed by atoms with Gasteiger partial charge < -0.3 is 14.4 Å². The molecule has 1 aliphatic rings. The van der Waals surface area contributed by atoms with Crippen LogP contribution in [0.3, 0.4) is 0 Å². The largest absolute Gasteiger partial charge is 0.454 e. The number of nitrogens with zero attached hydrogens (tertiary/aromatic N) is 4. The summed E-state index contributed by atoms with van der Waals surface area (Å²) >= 11 is 1.41. The first-order valence-electron chi connectivity index (χ1n) is 12.7. The van der Waals surface area contributed by atoms with Crippen molar-refractivity contribution in [2.45, 2.75) is 18.7 Å². The van der Waals surface area contributed by atoms with Crippen molar-refractivity contribution in [1.82, 2.24) is 9.88 Å². The number of aromatic nitrogens is 1. The molecule has 0 spiro atoms. The van der Waals surface area contributed by atoms with Gasteiger partial charge in [-0.1, -0.05) is 43.4 Å². The summed E-state index contributed by atoms with van der Waals surface area (Å²) < 4.78 is 39.5. The molecule has 5 rings (SSSR count). The van der Waals surface area contributed by atoms with E-state index in [4.69, 9.17) is 14.5 Å². The molecule has 2 heterocycles. The van der Waals surface area contributed by atoms with Crippen molar-refractivity contribution in [1.29, 1.82) is 0 Å². The van der Waals surface area contributed by atoms with Crippen LogP contribution < -0.4 is 18.7 Å². The maximum Gasteiger partial charge on any atom is 0.264 e. The molecular formula is C28H31ClN4O5S2. The molecule has 9 nitrogen and oxygen atoms in total. The fourth-order valence-electron chi connectivity index (χ4n) is 4.35. The van der Waals surface area contributed by atoms with E-state index in [0.29, 0.717) is 41.0 Å². The van der Waals surface area contributed by atoms with Gasteiger partial charge in [-0.15, -0.1) is 12.4 Å². The van der Waals surface area contributed by atoms with Crippen LogP contribution in [0.4, 0.5) is 10.8 Å². The molecule has 1 aromatic heterocycles. The van der Waals surface area contributed by atoms with Crippen LogP contribution in [0.2, 0.25) is 0 Å². The second kappa shape index (κ2) is 12.4. The number of benzene rings is 3. The third-order valence-corrected chi connectivity index (χ3v) is 9.60. The Hall–Kier alpha value is -3.38. The number of hydrogen-bond acceptors (Lipinski definition) is 8. The Morgan fingerprint density at radius 1 is 0.950 bits per heavy atom. The Morgan fingerprint density at radius 3 is 2.25 bits per heavy atom. The maximum atomic E-state index is 13.8. The van der Waals surface area contributed by atoms with E-state index < -0.39 is 10.0 Å². The highest BCUT2D eigenvalue weighted by Gasteiger charge is 2.26. The van der Waals surface area contributed by atoms with Gasteiger partial charge in [0.2, 0.25) is 6.79 Å². The topological polar surface area (TPSA) is 92.3 Å².